The molecule has 0 radical (unpaired) electrons. The molecule has 0 aliphatic heterocycles. The second-order valence-electron chi connectivity index (χ2n) is 3.41. The number of hydrogen-bond acceptors (Lipinski definition) is 3. The second-order valence-corrected chi connectivity index (χ2v) is 4.93. The van der Waals surface area contributed by atoms with Crippen molar-refractivity contribution in [3.05, 3.63) is 0 Å². The maximum Gasteiger partial charge on any atom is 0.171 e. The summed E-state index contributed by atoms with van der Waals surface area (Å²) in [6.45, 7) is 7.76. The first-order chi connectivity index (χ1) is 4.81. The maximum atomic E-state index is 5.50. The second kappa shape index (κ2) is 4.18. The Morgan fingerprint density at radius 2 is 1.91 bits per heavy atom. The molecule has 0 spiro atoms. The van der Waals surface area contributed by atoms with E-state index in [1.54, 1.807) is 6.92 Å². The monoisotopic (exact) mass is 192 g/mol. The van der Waals surface area contributed by atoms with Gasteiger partial charge in [-0.25, -0.2) is 0 Å². The van der Waals surface area contributed by atoms with Crippen LogP contribution in [0.4, 0.5) is 0 Å². The Morgan fingerprint density at radius 3 is 2.18 bits per heavy atom. The molecule has 0 aromatic carbocycles. The highest BCUT2D eigenvalue weighted by Gasteiger charge is 2.15. The minimum Gasteiger partial charge on any atom is -0.464 e. The zero-order chi connectivity index (χ0) is 9.07. The summed E-state index contributed by atoms with van der Waals surface area (Å²) in [7, 11) is 0.836. The van der Waals surface area contributed by atoms with Gasteiger partial charge in [0.25, 0.3) is 0 Å². The normalized spacial score (nSPS) is 14.5. The van der Waals surface area contributed by atoms with E-state index in [0.717, 1.165) is 10.2 Å². The van der Waals surface area contributed by atoms with Crippen molar-refractivity contribution < 1.29 is 9.47 Å². The molecule has 0 rings (SSSR count). The lowest BCUT2D eigenvalue weighted by Crippen LogP contribution is -2.30. The Hall–Kier alpha value is 0.0669. The molecule has 0 N–H and O–H groups in total. The molecule has 4 heteroatoms. The zero-order valence-electron chi connectivity index (χ0n) is 7.80. The topological polar surface area (TPSA) is 18.5 Å². The predicted octanol–water partition coefficient (Wildman–Crippen LogP) is 0.814. The Kier molecular flexibility index (Phi) is 4.21. The highest BCUT2D eigenvalue weighted by atomic mass is 32.1. The summed E-state index contributed by atoms with van der Waals surface area (Å²) in [6.07, 6.45) is 0. The fourth-order valence-corrected chi connectivity index (χ4v) is 2.12. The summed E-state index contributed by atoms with van der Waals surface area (Å²) < 4.78 is 10.7. The molecule has 0 heterocycles. The van der Waals surface area contributed by atoms with Gasteiger partial charge in [-0.05, 0) is 33.0 Å². The van der Waals surface area contributed by atoms with E-state index in [1.807, 2.05) is 20.8 Å². The van der Waals surface area contributed by atoms with Crippen LogP contribution >= 0.6 is 12.2 Å². The fourth-order valence-electron chi connectivity index (χ4n) is 0.756. The maximum absolute atomic E-state index is 5.50. The van der Waals surface area contributed by atoms with Gasteiger partial charge in [0.05, 0.1) is 15.8 Å². The van der Waals surface area contributed by atoms with E-state index in [2.05, 4.69) is 0 Å². The third-order valence-corrected chi connectivity index (χ3v) is 1.42. The van der Waals surface area contributed by atoms with Crippen LogP contribution in [0.1, 0.15) is 27.7 Å². The summed E-state index contributed by atoms with van der Waals surface area (Å²) in [5, 5.41) is 0.550. The molecule has 0 aromatic heterocycles. The smallest absolute Gasteiger partial charge is 0.171 e. The Bertz CT molecular complexity index is 142. The lowest BCUT2D eigenvalue weighted by atomic mass is 10.2. The van der Waals surface area contributed by atoms with E-state index >= 15 is 0 Å². The highest BCUT2D eigenvalue weighted by molar-refractivity contribution is 7.80. The molecule has 0 fully saturated rings. The van der Waals surface area contributed by atoms with E-state index in [9.17, 15) is 0 Å². The van der Waals surface area contributed by atoms with Crippen molar-refractivity contribution in [3.63, 3.8) is 0 Å². The van der Waals surface area contributed by atoms with Gasteiger partial charge in [0.2, 0.25) is 0 Å². The van der Waals surface area contributed by atoms with E-state index in [0.29, 0.717) is 5.05 Å². The number of rotatable bonds is 2. The van der Waals surface area contributed by atoms with E-state index in [1.165, 1.54) is 0 Å². The molecule has 2 nitrogen and oxygen atoms in total. The van der Waals surface area contributed by atoms with Gasteiger partial charge in [-0.2, -0.15) is 0 Å². The van der Waals surface area contributed by atoms with Gasteiger partial charge in [-0.3, -0.25) is 0 Å². The van der Waals surface area contributed by atoms with Gasteiger partial charge in [-0.1, -0.05) is 0 Å². The molecule has 0 amide bonds. The molecule has 0 saturated carbocycles. The van der Waals surface area contributed by atoms with Crippen LogP contribution in [0, 0.1) is 0 Å². The van der Waals surface area contributed by atoms with Crippen LogP contribution in [-0.2, 0) is 9.47 Å². The van der Waals surface area contributed by atoms with Gasteiger partial charge < -0.3 is 9.47 Å². The lowest BCUT2D eigenvalue weighted by Gasteiger charge is -2.25. The molecule has 1 unspecified atom stereocenters. The zero-order valence-corrected chi connectivity index (χ0v) is 10.6. The van der Waals surface area contributed by atoms with Crippen molar-refractivity contribution >= 4 is 27.5 Å². The number of thiocarbonyl (C=S) groups is 1. The van der Waals surface area contributed by atoms with Crippen LogP contribution in [0.5, 0.6) is 0 Å². The van der Waals surface area contributed by atoms with Gasteiger partial charge >= 0.3 is 0 Å². The summed E-state index contributed by atoms with van der Waals surface area (Å²) in [5.41, 5.74) is -0.142. The molecule has 1 atom stereocenters. The summed E-state index contributed by atoms with van der Waals surface area (Å²) in [5.74, 6) is -0.118. The molecule has 11 heavy (non-hydrogen) atoms. The van der Waals surface area contributed by atoms with Crippen molar-refractivity contribution in [1.82, 2.24) is 0 Å². The van der Waals surface area contributed by atoms with Gasteiger partial charge in [0.1, 0.15) is 0 Å². The number of hydrogen-bond donors (Lipinski definition) is 0. The fraction of sp³-hybridized carbons (Fsp3) is 0.857. The first kappa shape index (κ1) is 11.1. The highest BCUT2D eigenvalue weighted by Crippen LogP contribution is 2.09. The van der Waals surface area contributed by atoms with Gasteiger partial charge in [0.15, 0.2) is 11.0 Å². The van der Waals surface area contributed by atoms with Crippen molar-refractivity contribution in [3.8, 4) is 0 Å². The van der Waals surface area contributed by atoms with Crippen LogP contribution in [0.2, 0.25) is 0 Å². The third-order valence-electron chi connectivity index (χ3n) is 0.851. The van der Waals surface area contributed by atoms with Gasteiger partial charge in [-0.15, -0.1) is 0 Å². The Labute approximate surface area is 76.7 Å². The Morgan fingerprint density at radius 1 is 1.45 bits per heavy atom. The van der Waals surface area contributed by atoms with Gasteiger partial charge in [0, 0.05) is 6.92 Å². The van der Waals surface area contributed by atoms with Crippen LogP contribution in [-0.4, -0.2) is 26.8 Å². The first-order valence-corrected chi connectivity index (χ1v) is 5.22. The van der Waals surface area contributed by atoms with Crippen LogP contribution in [0.25, 0.3) is 0 Å². The SMILES string of the molecule is CC(=S)OC([SiH3])OC(C)(C)C. The quantitative estimate of drug-likeness (QED) is 0.366. The largest absolute Gasteiger partial charge is 0.464 e. The molecular weight excluding hydrogens is 176 g/mol. The van der Waals surface area contributed by atoms with E-state index in [-0.39, 0.29) is 11.5 Å². The first-order valence-electron chi connectivity index (χ1n) is 3.66. The molecule has 0 aliphatic rings. The third kappa shape index (κ3) is 7.97. The van der Waals surface area contributed by atoms with Crippen LogP contribution in [0.15, 0.2) is 0 Å². The van der Waals surface area contributed by atoms with Crippen molar-refractivity contribution in [1.29, 1.82) is 0 Å². The van der Waals surface area contributed by atoms with E-state index in [4.69, 9.17) is 21.7 Å². The van der Waals surface area contributed by atoms with Crippen LogP contribution in [0.3, 0.4) is 0 Å². The van der Waals surface area contributed by atoms with Crippen LogP contribution < -0.4 is 0 Å². The predicted molar refractivity (Wildman–Crippen MR) is 53.9 cm³/mol. The average molecular weight is 192 g/mol. The Balaban J connectivity index is 3.69. The lowest BCUT2D eigenvalue weighted by molar-refractivity contribution is -0.109. The van der Waals surface area contributed by atoms with E-state index < -0.39 is 0 Å². The minimum atomic E-state index is -0.142. The molecule has 0 bridgehead atoms. The summed E-state index contributed by atoms with van der Waals surface area (Å²) in [6, 6.07) is 0. The molecular formula is C7H16O2SSi. The van der Waals surface area contributed by atoms with Crippen molar-refractivity contribution in [2.24, 2.45) is 0 Å². The molecule has 66 valence electrons. The summed E-state index contributed by atoms with van der Waals surface area (Å²) in [4.78, 5) is 0. The summed E-state index contributed by atoms with van der Waals surface area (Å²) >= 11 is 4.78. The van der Waals surface area contributed by atoms with Crippen molar-refractivity contribution in [2.75, 3.05) is 0 Å². The molecule has 0 aromatic rings. The number of ether oxygens (including phenoxy) is 2. The standard InChI is InChI=1S/C7H16O2SSi/c1-5(10)8-6(11)9-7(2,3)4/h6H,1-4,11H3. The molecule has 0 aliphatic carbocycles. The average Bonchev–Trinajstić information content (AvgIpc) is 1.53. The molecule has 0 saturated heterocycles. The minimum absolute atomic E-state index is 0.118. The van der Waals surface area contributed by atoms with Crippen molar-refractivity contribution in [2.45, 2.75) is 39.2 Å².